The van der Waals surface area contributed by atoms with Gasteiger partial charge < -0.3 is 5.11 Å². The molecule has 1 amide bonds. The van der Waals surface area contributed by atoms with Crippen LogP contribution in [0.25, 0.3) is 0 Å². The molecule has 0 radical (unpaired) electrons. The number of hydrogen-bond acceptors (Lipinski definition) is 5. The third-order valence-corrected chi connectivity index (χ3v) is 4.88. The van der Waals surface area contributed by atoms with Crippen LogP contribution in [0.2, 0.25) is 0 Å². The smallest absolute Gasteiger partial charge is 0.230 e. The van der Waals surface area contributed by atoms with Gasteiger partial charge in [0.15, 0.2) is 5.13 Å². The number of aromatic nitrogens is 1. The summed E-state index contributed by atoms with van der Waals surface area (Å²) < 4.78 is 14.1. The van der Waals surface area contributed by atoms with Crippen LogP contribution in [0, 0.1) is 5.82 Å². The van der Waals surface area contributed by atoms with Gasteiger partial charge in [-0.3, -0.25) is 14.6 Å². The van der Waals surface area contributed by atoms with Crippen molar-refractivity contribution in [2.75, 3.05) is 18.0 Å². The van der Waals surface area contributed by atoms with Crippen molar-refractivity contribution in [1.29, 1.82) is 0 Å². The van der Waals surface area contributed by atoms with Crippen LogP contribution in [0.15, 0.2) is 29.6 Å². The molecule has 2 aromatic rings. The molecule has 1 unspecified atom stereocenters. The average Bonchev–Trinajstić information content (AvgIpc) is 2.97. The molecule has 0 saturated carbocycles. The lowest BCUT2D eigenvalue weighted by Crippen LogP contribution is -2.37. The highest BCUT2D eigenvalue weighted by Gasteiger charge is 2.22. The van der Waals surface area contributed by atoms with Crippen LogP contribution in [-0.2, 0) is 11.3 Å². The molecule has 0 aliphatic carbocycles. The number of aliphatic hydroxyl groups is 1. The number of halogens is 1. The highest BCUT2D eigenvalue weighted by atomic mass is 32.1. The number of rotatable bonds is 4. The summed E-state index contributed by atoms with van der Waals surface area (Å²) in [6.07, 6.45) is 1.51. The van der Waals surface area contributed by atoms with E-state index in [9.17, 15) is 14.3 Å². The van der Waals surface area contributed by atoms with Crippen LogP contribution in [0.3, 0.4) is 0 Å². The second kappa shape index (κ2) is 7.38. The topological polar surface area (TPSA) is 56.7 Å². The van der Waals surface area contributed by atoms with Gasteiger partial charge in [0.1, 0.15) is 5.82 Å². The largest absolute Gasteiger partial charge is 0.392 e. The average molecular weight is 349 g/mol. The SMILES string of the molecule is CC(=O)N(c1nc(CN2CCCC(O)C2)cs1)c1ccccc1F. The molecule has 1 aromatic carbocycles. The lowest BCUT2D eigenvalue weighted by Gasteiger charge is -2.29. The summed E-state index contributed by atoms with van der Waals surface area (Å²) in [6.45, 7) is 3.58. The molecule has 1 atom stereocenters. The van der Waals surface area contributed by atoms with Crippen LogP contribution in [0.5, 0.6) is 0 Å². The van der Waals surface area contributed by atoms with Crippen LogP contribution in [-0.4, -0.2) is 40.1 Å². The van der Waals surface area contributed by atoms with E-state index in [4.69, 9.17) is 0 Å². The van der Waals surface area contributed by atoms with Gasteiger partial charge in [0.2, 0.25) is 5.91 Å². The number of aliphatic hydroxyl groups excluding tert-OH is 1. The molecule has 0 bridgehead atoms. The predicted molar refractivity (Wildman–Crippen MR) is 91.9 cm³/mol. The molecule has 1 N–H and O–H groups in total. The predicted octanol–water partition coefficient (Wildman–Crippen LogP) is 2.92. The van der Waals surface area contributed by atoms with E-state index in [0.717, 1.165) is 25.1 Å². The number of anilines is 2. The fraction of sp³-hybridized carbons (Fsp3) is 0.412. The molecule has 0 spiro atoms. The summed E-state index contributed by atoms with van der Waals surface area (Å²) in [7, 11) is 0. The molecule has 1 aromatic heterocycles. The van der Waals surface area contributed by atoms with Crippen LogP contribution >= 0.6 is 11.3 Å². The molecule has 5 nitrogen and oxygen atoms in total. The van der Waals surface area contributed by atoms with E-state index in [1.165, 1.54) is 29.2 Å². The number of β-amino-alcohol motifs (C(OH)–C–C–N with tert-alkyl or cyclic N) is 1. The standard InChI is InChI=1S/C17H20FN3O2S/c1-12(22)21(16-7-3-2-6-15(16)18)17-19-13(11-24-17)9-20-8-4-5-14(23)10-20/h2-3,6-7,11,14,23H,4-5,8-10H2,1H3. The van der Waals surface area contributed by atoms with Crippen molar-refractivity contribution in [2.24, 2.45) is 0 Å². The number of carbonyl (C=O) groups excluding carboxylic acids is 1. The Kier molecular flexibility index (Phi) is 5.23. The van der Waals surface area contributed by atoms with E-state index in [1.54, 1.807) is 18.2 Å². The van der Waals surface area contributed by atoms with Gasteiger partial charge >= 0.3 is 0 Å². The number of thiazole rings is 1. The van der Waals surface area contributed by atoms with Crippen molar-refractivity contribution >= 4 is 28.1 Å². The molecule has 128 valence electrons. The van der Waals surface area contributed by atoms with Gasteiger partial charge in [0.25, 0.3) is 0 Å². The van der Waals surface area contributed by atoms with Crippen molar-refractivity contribution in [2.45, 2.75) is 32.4 Å². The first-order chi connectivity index (χ1) is 11.5. The van der Waals surface area contributed by atoms with E-state index in [-0.39, 0.29) is 17.7 Å². The number of piperidine rings is 1. The Balaban J connectivity index is 1.79. The summed E-state index contributed by atoms with van der Waals surface area (Å²) in [4.78, 5) is 20.0. The molecule has 1 fully saturated rings. The van der Waals surface area contributed by atoms with Gasteiger partial charge in [0, 0.05) is 25.4 Å². The second-order valence-corrected chi connectivity index (χ2v) is 6.79. The maximum Gasteiger partial charge on any atom is 0.230 e. The molecule has 1 saturated heterocycles. The molecular formula is C17H20FN3O2S. The molecule has 1 aliphatic rings. The fourth-order valence-electron chi connectivity index (χ4n) is 2.92. The van der Waals surface area contributed by atoms with Gasteiger partial charge in [0.05, 0.1) is 17.5 Å². The fourth-order valence-corrected chi connectivity index (χ4v) is 3.79. The highest BCUT2D eigenvalue weighted by Crippen LogP contribution is 2.31. The Labute approximate surface area is 144 Å². The lowest BCUT2D eigenvalue weighted by molar-refractivity contribution is -0.115. The first-order valence-corrected chi connectivity index (χ1v) is 8.82. The zero-order valence-electron chi connectivity index (χ0n) is 13.5. The summed E-state index contributed by atoms with van der Waals surface area (Å²) in [5.41, 5.74) is 1.03. The number of nitrogens with zero attached hydrogens (tertiary/aromatic N) is 3. The van der Waals surface area contributed by atoms with Gasteiger partial charge in [-0.05, 0) is 31.5 Å². The van der Waals surface area contributed by atoms with E-state index in [1.807, 2.05) is 5.38 Å². The van der Waals surface area contributed by atoms with Gasteiger partial charge in [-0.25, -0.2) is 9.37 Å². The number of likely N-dealkylation sites (tertiary alicyclic amines) is 1. The lowest BCUT2D eigenvalue weighted by atomic mass is 10.1. The maximum absolute atomic E-state index is 14.1. The van der Waals surface area contributed by atoms with E-state index < -0.39 is 5.82 Å². The first kappa shape index (κ1) is 17.0. The molecule has 1 aliphatic heterocycles. The monoisotopic (exact) mass is 349 g/mol. The van der Waals surface area contributed by atoms with Crippen LogP contribution < -0.4 is 4.90 Å². The second-order valence-electron chi connectivity index (χ2n) is 5.96. The van der Waals surface area contributed by atoms with Crippen molar-refractivity contribution in [3.63, 3.8) is 0 Å². The number of carbonyl (C=O) groups is 1. The van der Waals surface area contributed by atoms with E-state index >= 15 is 0 Å². The summed E-state index contributed by atoms with van der Waals surface area (Å²) in [6, 6.07) is 6.18. The quantitative estimate of drug-likeness (QED) is 0.922. The summed E-state index contributed by atoms with van der Waals surface area (Å²) in [5.74, 6) is -0.738. The molecule has 2 heterocycles. The van der Waals surface area contributed by atoms with Crippen LogP contribution in [0.4, 0.5) is 15.2 Å². The Bertz CT molecular complexity index is 721. The number of para-hydroxylation sites is 1. The highest BCUT2D eigenvalue weighted by molar-refractivity contribution is 7.14. The molecule has 7 heteroatoms. The third kappa shape index (κ3) is 3.80. The number of hydrogen-bond donors (Lipinski definition) is 1. The van der Waals surface area contributed by atoms with Crippen molar-refractivity contribution in [3.8, 4) is 0 Å². The normalized spacial score (nSPS) is 18.5. The minimum atomic E-state index is -0.455. The summed E-state index contributed by atoms with van der Waals surface area (Å²) >= 11 is 1.32. The van der Waals surface area contributed by atoms with Gasteiger partial charge in [-0.2, -0.15) is 0 Å². The van der Waals surface area contributed by atoms with E-state index in [2.05, 4.69) is 9.88 Å². The van der Waals surface area contributed by atoms with Gasteiger partial charge in [-0.15, -0.1) is 11.3 Å². The number of amides is 1. The maximum atomic E-state index is 14.1. The van der Waals surface area contributed by atoms with Crippen molar-refractivity contribution in [1.82, 2.24) is 9.88 Å². The zero-order valence-corrected chi connectivity index (χ0v) is 14.3. The Hall–Kier alpha value is -1.83. The minimum Gasteiger partial charge on any atom is -0.392 e. The minimum absolute atomic E-state index is 0.208. The number of benzene rings is 1. The Morgan fingerprint density at radius 3 is 3.00 bits per heavy atom. The molecular weight excluding hydrogens is 329 g/mol. The Morgan fingerprint density at radius 2 is 2.29 bits per heavy atom. The zero-order chi connectivity index (χ0) is 17.1. The van der Waals surface area contributed by atoms with Crippen molar-refractivity contribution in [3.05, 3.63) is 41.2 Å². The Morgan fingerprint density at radius 1 is 1.50 bits per heavy atom. The molecule has 3 rings (SSSR count). The van der Waals surface area contributed by atoms with Gasteiger partial charge in [-0.1, -0.05) is 12.1 Å². The summed E-state index contributed by atoms with van der Waals surface area (Å²) in [5, 5.41) is 12.1. The molecule has 24 heavy (non-hydrogen) atoms. The van der Waals surface area contributed by atoms with Crippen molar-refractivity contribution < 1.29 is 14.3 Å². The van der Waals surface area contributed by atoms with E-state index in [0.29, 0.717) is 18.2 Å². The van der Waals surface area contributed by atoms with Crippen LogP contribution in [0.1, 0.15) is 25.5 Å². The first-order valence-electron chi connectivity index (χ1n) is 7.94. The third-order valence-electron chi connectivity index (χ3n) is 4.01.